The number of carboxylic acid groups (broad SMARTS) is 1. The van der Waals surface area contributed by atoms with Crippen LogP contribution in [0.5, 0.6) is 5.75 Å². The van der Waals surface area contributed by atoms with Crippen LogP contribution in [0.3, 0.4) is 0 Å². The van der Waals surface area contributed by atoms with E-state index in [0.717, 1.165) is 6.92 Å². The molecular weight excluding hydrogens is 494 g/mol. The van der Waals surface area contributed by atoms with Gasteiger partial charge in [0.2, 0.25) is 0 Å². The van der Waals surface area contributed by atoms with E-state index in [1.54, 1.807) is 4.90 Å². The lowest BCUT2D eigenvalue weighted by atomic mass is 10.1. The number of aromatic hydroxyl groups is 1. The van der Waals surface area contributed by atoms with Gasteiger partial charge in [0, 0.05) is 36.8 Å². The lowest BCUT2D eigenvalue weighted by molar-refractivity contribution is -0.135. The Morgan fingerprint density at radius 3 is 2.32 bits per heavy atom. The molecule has 3 heterocycles. The summed E-state index contributed by atoms with van der Waals surface area (Å²) in [4.78, 5) is 53.0. The number of aromatic nitrogens is 1. The third kappa shape index (κ3) is 5.40. The average molecular weight is 520 g/mol. The van der Waals surface area contributed by atoms with Crippen molar-refractivity contribution >= 4 is 17.9 Å². The molecular formula is C24H26F2N4O7. The van der Waals surface area contributed by atoms with Crippen molar-refractivity contribution in [3.63, 3.8) is 0 Å². The number of halogens is 2. The fraction of sp³-hybridized carbons (Fsp3) is 0.417. The Morgan fingerprint density at radius 2 is 1.73 bits per heavy atom. The molecule has 3 N–H and O–H groups in total. The number of nitrogens with zero attached hydrogens (tertiary/aromatic N) is 3. The minimum atomic E-state index is -3.05. The number of benzene rings is 1. The zero-order valence-corrected chi connectivity index (χ0v) is 20.0. The van der Waals surface area contributed by atoms with E-state index in [2.05, 4.69) is 5.32 Å². The Morgan fingerprint density at radius 1 is 1.08 bits per heavy atom. The van der Waals surface area contributed by atoms with Crippen molar-refractivity contribution in [2.45, 2.75) is 32.5 Å². The largest absolute Gasteiger partial charge is 0.506 e. The number of rotatable bonds is 6. The number of nitrogens with one attached hydrogen (secondary N) is 1. The molecule has 13 heteroatoms. The highest BCUT2D eigenvalue weighted by molar-refractivity contribution is 5.98. The van der Waals surface area contributed by atoms with Crippen LogP contribution in [-0.4, -0.2) is 75.3 Å². The predicted octanol–water partition coefficient (Wildman–Crippen LogP) is 1.30. The van der Waals surface area contributed by atoms with Gasteiger partial charge in [-0.05, 0) is 5.56 Å². The number of hydrogen-bond donors (Lipinski definition) is 3. The van der Waals surface area contributed by atoms with Crippen LogP contribution < -0.4 is 10.9 Å². The molecule has 1 fully saturated rings. The van der Waals surface area contributed by atoms with Crippen LogP contribution in [0.25, 0.3) is 0 Å². The monoisotopic (exact) mass is 520 g/mol. The molecule has 0 unspecified atom stereocenters. The minimum Gasteiger partial charge on any atom is -0.506 e. The zero-order valence-electron chi connectivity index (χ0n) is 20.0. The van der Waals surface area contributed by atoms with Gasteiger partial charge in [0.15, 0.2) is 0 Å². The molecule has 37 heavy (non-hydrogen) atoms. The predicted molar refractivity (Wildman–Crippen MR) is 124 cm³/mol. The molecule has 0 spiro atoms. The molecule has 0 aliphatic carbocycles. The van der Waals surface area contributed by atoms with Crippen molar-refractivity contribution in [3.05, 3.63) is 62.6 Å². The Bertz CT molecular complexity index is 1280. The van der Waals surface area contributed by atoms with Crippen LogP contribution in [0.15, 0.2) is 29.1 Å². The summed E-state index contributed by atoms with van der Waals surface area (Å²) in [5.41, 5.74) is -0.822. The first-order valence-electron chi connectivity index (χ1n) is 11.5. The van der Waals surface area contributed by atoms with E-state index in [9.17, 15) is 33.1 Å². The third-order valence-electron chi connectivity index (χ3n) is 6.33. The van der Waals surface area contributed by atoms with E-state index in [1.165, 1.54) is 33.7 Å². The second kappa shape index (κ2) is 10.2. The van der Waals surface area contributed by atoms with Crippen LogP contribution in [0.2, 0.25) is 0 Å². The quantitative estimate of drug-likeness (QED) is 0.521. The average Bonchev–Trinajstić information content (AvgIpc) is 3.31. The highest BCUT2D eigenvalue weighted by Crippen LogP contribution is 2.33. The van der Waals surface area contributed by atoms with E-state index in [0.29, 0.717) is 37.6 Å². The van der Waals surface area contributed by atoms with Crippen LogP contribution in [0.1, 0.15) is 39.7 Å². The Balaban J connectivity index is 1.73. The summed E-state index contributed by atoms with van der Waals surface area (Å²) in [5, 5.41) is 21.8. The first-order valence-corrected chi connectivity index (χ1v) is 11.5. The number of pyridine rings is 1. The van der Waals surface area contributed by atoms with E-state index >= 15 is 0 Å². The number of ether oxygens (including phenoxy) is 1. The fourth-order valence-electron chi connectivity index (χ4n) is 4.38. The molecule has 0 saturated carbocycles. The molecule has 3 amide bonds. The smallest absolute Gasteiger partial charge is 0.322 e. The Hall–Kier alpha value is -4.00. The maximum absolute atomic E-state index is 13.6. The maximum atomic E-state index is 13.6. The maximum Gasteiger partial charge on any atom is 0.322 e. The number of amides is 3. The van der Waals surface area contributed by atoms with Gasteiger partial charge in [0.05, 0.1) is 32.8 Å². The van der Waals surface area contributed by atoms with E-state index in [1.807, 2.05) is 0 Å². The fourth-order valence-corrected chi connectivity index (χ4v) is 4.38. The first-order chi connectivity index (χ1) is 17.5. The molecule has 198 valence electrons. The number of morpholine rings is 1. The normalized spacial score (nSPS) is 15.4. The number of carbonyl (C=O) groups excluding carboxylic acids is 2. The van der Waals surface area contributed by atoms with Crippen molar-refractivity contribution < 1.29 is 38.1 Å². The van der Waals surface area contributed by atoms with Crippen LogP contribution in [0.4, 0.5) is 13.6 Å². The highest BCUT2D eigenvalue weighted by Gasteiger charge is 2.35. The third-order valence-corrected chi connectivity index (χ3v) is 6.33. The molecule has 1 aromatic carbocycles. The van der Waals surface area contributed by atoms with Gasteiger partial charge in [0.25, 0.3) is 17.4 Å². The summed E-state index contributed by atoms with van der Waals surface area (Å²) >= 11 is 0. The second-order valence-corrected chi connectivity index (χ2v) is 8.94. The van der Waals surface area contributed by atoms with Crippen molar-refractivity contribution in [1.29, 1.82) is 0 Å². The molecule has 2 aromatic rings. The number of aliphatic carboxylic acids is 1. The molecule has 4 rings (SSSR count). The van der Waals surface area contributed by atoms with E-state index in [4.69, 9.17) is 9.84 Å². The molecule has 0 atom stereocenters. The van der Waals surface area contributed by atoms with Crippen LogP contribution >= 0.6 is 0 Å². The molecule has 1 aromatic heterocycles. The van der Waals surface area contributed by atoms with Gasteiger partial charge < -0.3 is 34.6 Å². The first kappa shape index (κ1) is 26.1. The number of carbonyl (C=O) groups is 3. The van der Waals surface area contributed by atoms with E-state index in [-0.39, 0.29) is 36.8 Å². The molecule has 2 aliphatic heterocycles. The highest BCUT2D eigenvalue weighted by atomic mass is 19.3. The molecule has 2 aliphatic rings. The van der Waals surface area contributed by atoms with E-state index < -0.39 is 41.2 Å². The number of hydrogen-bond acceptors (Lipinski definition) is 6. The van der Waals surface area contributed by atoms with Gasteiger partial charge in [-0.25, -0.2) is 13.6 Å². The Kier molecular flexibility index (Phi) is 7.16. The lowest BCUT2D eigenvalue weighted by Gasteiger charge is -2.30. The summed E-state index contributed by atoms with van der Waals surface area (Å²) in [5.74, 6) is -6.10. The van der Waals surface area contributed by atoms with Gasteiger partial charge in [-0.15, -0.1) is 0 Å². The SMILES string of the molecule is CC(F)(F)c1ccc(Cn2c3c(c(O)c(C(=O)NCC(=O)O)c2=O)CN(C(=O)N2CCOCC2)C3)cc1. The van der Waals surface area contributed by atoms with Gasteiger partial charge >= 0.3 is 12.0 Å². The summed E-state index contributed by atoms with van der Waals surface area (Å²) in [6.07, 6.45) is 0. The van der Waals surface area contributed by atoms with Crippen LogP contribution in [0, 0.1) is 0 Å². The standard InChI is InChI=1S/C24H26F2N4O7/c1-24(25,26)15-4-2-14(3-5-15)11-30-17-13-29(23(36)28-6-8-37-9-7-28)12-16(17)20(33)19(22(30)35)21(34)27-10-18(31)32/h2-5,33H,6-13H2,1H3,(H,27,34)(H,31,32). The second-order valence-electron chi connectivity index (χ2n) is 8.94. The van der Waals surface area contributed by atoms with Gasteiger partial charge in [-0.2, -0.15) is 0 Å². The summed E-state index contributed by atoms with van der Waals surface area (Å²) < 4.78 is 33.7. The number of urea groups is 1. The van der Waals surface area contributed by atoms with Crippen molar-refractivity contribution in [3.8, 4) is 5.75 Å². The molecule has 1 saturated heterocycles. The van der Waals surface area contributed by atoms with Gasteiger partial charge in [0.1, 0.15) is 17.9 Å². The van der Waals surface area contributed by atoms with Gasteiger partial charge in [-0.1, -0.05) is 24.3 Å². The van der Waals surface area contributed by atoms with Gasteiger partial charge in [-0.3, -0.25) is 14.4 Å². The minimum absolute atomic E-state index is 0.0313. The topological polar surface area (TPSA) is 141 Å². The summed E-state index contributed by atoms with van der Waals surface area (Å²) in [6.45, 7) is 1.25. The molecule has 11 nitrogen and oxygen atoms in total. The Labute approximate surface area is 209 Å². The molecule has 0 bridgehead atoms. The van der Waals surface area contributed by atoms with Crippen LogP contribution in [-0.2, 0) is 35.1 Å². The number of alkyl halides is 2. The van der Waals surface area contributed by atoms with Crippen molar-refractivity contribution in [1.82, 2.24) is 19.7 Å². The molecule has 0 radical (unpaired) electrons. The summed E-state index contributed by atoms with van der Waals surface area (Å²) in [7, 11) is 0. The van der Waals surface area contributed by atoms with Crippen molar-refractivity contribution in [2.24, 2.45) is 0 Å². The zero-order chi connectivity index (χ0) is 26.9. The lowest BCUT2D eigenvalue weighted by Crippen LogP contribution is -2.46. The summed E-state index contributed by atoms with van der Waals surface area (Å²) in [6, 6.07) is 4.98. The number of fused-ring (bicyclic) bond motifs is 1. The van der Waals surface area contributed by atoms with Crippen molar-refractivity contribution in [2.75, 3.05) is 32.8 Å². The number of carboxylic acids is 1.